The Morgan fingerprint density at radius 2 is 2.53 bits per heavy atom. The average Bonchev–Trinajstić information content (AvgIpc) is 2.86. The van der Waals surface area contributed by atoms with Crippen molar-refractivity contribution in [1.82, 2.24) is 15.1 Å². The Labute approximate surface area is 101 Å². The molecule has 0 bridgehead atoms. The lowest BCUT2D eigenvalue weighted by Crippen LogP contribution is -2.35. The number of carbonyl (C=O) groups excluding carboxylic acids is 1. The molecule has 94 valence electrons. The molecule has 0 aliphatic carbocycles. The summed E-state index contributed by atoms with van der Waals surface area (Å²) in [5.74, 6) is -0.0874. The molecule has 1 aromatic rings. The molecule has 5 heteroatoms. The Balaban J connectivity index is 2.04. The molecule has 2 heterocycles. The van der Waals surface area contributed by atoms with Crippen LogP contribution in [0.25, 0.3) is 0 Å². The van der Waals surface area contributed by atoms with Gasteiger partial charge in [-0.05, 0) is 26.3 Å². The van der Waals surface area contributed by atoms with Gasteiger partial charge in [0.1, 0.15) is 0 Å². The van der Waals surface area contributed by atoms with Crippen LogP contribution in [0, 0.1) is 5.92 Å². The van der Waals surface area contributed by atoms with Gasteiger partial charge in [0.15, 0.2) is 0 Å². The van der Waals surface area contributed by atoms with Crippen LogP contribution in [0.15, 0.2) is 12.4 Å². The zero-order valence-corrected chi connectivity index (χ0v) is 10.3. The second-order valence-corrected chi connectivity index (χ2v) is 4.38. The monoisotopic (exact) mass is 237 g/mol. The molecule has 1 aromatic heterocycles. The fourth-order valence-electron chi connectivity index (χ4n) is 2.28. The smallest absolute Gasteiger partial charge is 0.308 e. The van der Waals surface area contributed by atoms with Crippen LogP contribution in [0.4, 0.5) is 0 Å². The number of aryl methyl sites for hydroxylation is 1. The molecule has 1 aliphatic rings. The van der Waals surface area contributed by atoms with Gasteiger partial charge in [-0.2, -0.15) is 5.10 Å². The van der Waals surface area contributed by atoms with Crippen LogP contribution in [0.5, 0.6) is 0 Å². The second kappa shape index (κ2) is 5.31. The molecule has 0 spiro atoms. The number of esters is 1. The molecule has 17 heavy (non-hydrogen) atoms. The highest BCUT2D eigenvalue weighted by Gasteiger charge is 2.28. The Morgan fingerprint density at radius 1 is 1.71 bits per heavy atom. The van der Waals surface area contributed by atoms with E-state index in [4.69, 9.17) is 4.74 Å². The van der Waals surface area contributed by atoms with Crippen LogP contribution >= 0.6 is 0 Å². The minimum Gasteiger partial charge on any atom is -0.469 e. The molecule has 1 fully saturated rings. The van der Waals surface area contributed by atoms with Gasteiger partial charge in [0.05, 0.1) is 19.2 Å². The summed E-state index contributed by atoms with van der Waals surface area (Å²) in [6, 6.07) is 0.216. The van der Waals surface area contributed by atoms with Gasteiger partial charge in [0, 0.05) is 24.3 Å². The van der Waals surface area contributed by atoms with Crippen molar-refractivity contribution in [2.45, 2.75) is 32.4 Å². The highest BCUT2D eigenvalue weighted by molar-refractivity contribution is 5.72. The van der Waals surface area contributed by atoms with E-state index in [1.807, 2.05) is 17.1 Å². The number of hydrogen-bond donors (Lipinski definition) is 1. The van der Waals surface area contributed by atoms with Gasteiger partial charge in [-0.15, -0.1) is 0 Å². The summed E-state index contributed by atoms with van der Waals surface area (Å²) in [6.45, 7) is 3.78. The van der Waals surface area contributed by atoms with Crippen molar-refractivity contribution in [2.75, 3.05) is 13.7 Å². The van der Waals surface area contributed by atoms with Crippen molar-refractivity contribution in [1.29, 1.82) is 0 Å². The summed E-state index contributed by atoms with van der Waals surface area (Å²) in [4.78, 5) is 11.5. The molecule has 1 N–H and O–H groups in total. The summed E-state index contributed by atoms with van der Waals surface area (Å²) in [5.41, 5.74) is 1.15. The van der Waals surface area contributed by atoms with Crippen molar-refractivity contribution in [3.8, 4) is 0 Å². The number of nitrogens with zero attached hydrogens (tertiary/aromatic N) is 2. The van der Waals surface area contributed by atoms with E-state index in [1.54, 1.807) is 0 Å². The van der Waals surface area contributed by atoms with E-state index >= 15 is 0 Å². The molecule has 5 nitrogen and oxygen atoms in total. The molecule has 0 saturated carbocycles. The summed E-state index contributed by atoms with van der Waals surface area (Å²) >= 11 is 0. The number of nitrogens with one attached hydrogen (secondary N) is 1. The van der Waals surface area contributed by atoms with Crippen molar-refractivity contribution in [3.63, 3.8) is 0 Å². The van der Waals surface area contributed by atoms with Gasteiger partial charge in [-0.25, -0.2) is 0 Å². The number of aromatic nitrogens is 2. The number of carbonyl (C=O) groups is 1. The second-order valence-electron chi connectivity index (χ2n) is 4.38. The number of hydrogen-bond acceptors (Lipinski definition) is 4. The Morgan fingerprint density at radius 3 is 3.18 bits per heavy atom. The van der Waals surface area contributed by atoms with Crippen LogP contribution in [0.1, 0.15) is 31.4 Å². The predicted octanol–water partition coefficient (Wildman–Crippen LogP) is 1.12. The van der Waals surface area contributed by atoms with Crippen molar-refractivity contribution in [2.24, 2.45) is 5.92 Å². The van der Waals surface area contributed by atoms with Crippen LogP contribution < -0.4 is 5.32 Å². The molecular formula is C12H19N3O2. The molecule has 0 amide bonds. The lowest BCUT2D eigenvalue weighted by atomic mass is 9.90. The van der Waals surface area contributed by atoms with Gasteiger partial charge >= 0.3 is 5.97 Å². The Kier molecular flexibility index (Phi) is 3.78. The first-order valence-corrected chi connectivity index (χ1v) is 6.08. The average molecular weight is 237 g/mol. The summed E-state index contributed by atoms with van der Waals surface area (Å²) in [5, 5.41) is 7.68. The molecular weight excluding hydrogens is 218 g/mol. The van der Waals surface area contributed by atoms with E-state index < -0.39 is 0 Å². The van der Waals surface area contributed by atoms with E-state index in [9.17, 15) is 4.79 Å². The standard InChI is InChI=1S/C12H19N3O2/c1-3-15-8-10(7-14-15)11-6-9(4-5-13-11)12(16)17-2/h7-9,11,13H,3-6H2,1-2H3. The molecule has 1 aliphatic heterocycles. The van der Waals surface area contributed by atoms with Gasteiger partial charge in [0.2, 0.25) is 0 Å². The topological polar surface area (TPSA) is 56.1 Å². The zero-order valence-electron chi connectivity index (χ0n) is 10.3. The first-order chi connectivity index (χ1) is 8.24. The molecule has 2 unspecified atom stereocenters. The Bertz CT molecular complexity index is 389. The van der Waals surface area contributed by atoms with Crippen molar-refractivity contribution < 1.29 is 9.53 Å². The normalized spacial score (nSPS) is 24.6. The molecule has 0 aromatic carbocycles. The fourth-order valence-corrected chi connectivity index (χ4v) is 2.28. The first kappa shape index (κ1) is 12.1. The Hall–Kier alpha value is -1.36. The highest BCUT2D eigenvalue weighted by Crippen LogP contribution is 2.27. The largest absolute Gasteiger partial charge is 0.469 e. The third kappa shape index (κ3) is 2.66. The van der Waals surface area contributed by atoms with E-state index in [0.29, 0.717) is 0 Å². The van der Waals surface area contributed by atoms with Gasteiger partial charge < -0.3 is 10.1 Å². The van der Waals surface area contributed by atoms with Gasteiger partial charge in [-0.3, -0.25) is 9.48 Å². The zero-order chi connectivity index (χ0) is 12.3. The van der Waals surface area contributed by atoms with Crippen molar-refractivity contribution in [3.05, 3.63) is 18.0 Å². The lowest BCUT2D eigenvalue weighted by Gasteiger charge is -2.28. The molecule has 2 atom stereocenters. The van der Waals surface area contributed by atoms with Gasteiger partial charge in [-0.1, -0.05) is 0 Å². The maximum absolute atomic E-state index is 11.5. The van der Waals surface area contributed by atoms with Crippen LogP contribution in [-0.4, -0.2) is 29.4 Å². The number of piperidine rings is 1. The lowest BCUT2D eigenvalue weighted by molar-refractivity contribution is -0.146. The number of ether oxygens (including phenoxy) is 1. The van der Waals surface area contributed by atoms with Crippen LogP contribution in [0.2, 0.25) is 0 Å². The molecule has 2 rings (SSSR count). The maximum atomic E-state index is 11.5. The van der Waals surface area contributed by atoms with Crippen LogP contribution in [-0.2, 0) is 16.1 Å². The molecule has 0 radical (unpaired) electrons. The summed E-state index contributed by atoms with van der Waals surface area (Å²) < 4.78 is 6.71. The number of rotatable bonds is 3. The van der Waals surface area contributed by atoms with Gasteiger partial charge in [0.25, 0.3) is 0 Å². The fraction of sp³-hybridized carbons (Fsp3) is 0.667. The van der Waals surface area contributed by atoms with Crippen LogP contribution in [0.3, 0.4) is 0 Å². The van der Waals surface area contributed by atoms with E-state index in [-0.39, 0.29) is 17.9 Å². The first-order valence-electron chi connectivity index (χ1n) is 6.08. The quantitative estimate of drug-likeness (QED) is 0.800. The SMILES string of the molecule is CCn1cc(C2CC(C(=O)OC)CCN2)cn1. The van der Waals surface area contributed by atoms with E-state index in [2.05, 4.69) is 17.3 Å². The number of methoxy groups -OCH3 is 1. The summed E-state index contributed by atoms with van der Waals surface area (Å²) in [7, 11) is 1.45. The third-order valence-corrected chi connectivity index (χ3v) is 3.32. The minimum absolute atomic E-state index is 0.0104. The predicted molar refractivity (Wildman–Crippen MR) is 63.4 cm³/mol. The maximum Gasteiger partial charge on any atom is 0.308 e. The van der Waals surface area contributed by atoms with E-state index in [0.717, 1.165) is 31.5 Å². The molecule has 1 saturated heterocycles. The van der Waals surface area contributed by atoms with Crippen molar-refractivity contribution >= 4 is 5.97 Å². The third-order valence-electron chi connectivity index (χ3n) is 3.32. The highest BCUT2D eigenvalue weighted by atomic mass is 16.5. The van der Waals surface area contributed by atoms with E-state index in [1.165, 1.54) is 7.11 Å². The summed E-state index contributed by atoms with van der Waals surface area (Å²) in [6.07, 6.45) is 5.56. The minimum atomic E-state index is -0.0978.